The number of hydrogen-bond acceptors (Lipinski definition) is 6. The van der Waals surface area contributed by atoms with Crippen LogP contribution in [0, 0.1) is 0 Å². The summed E-state index contributed by atoms with van der Waals surface area (Å²) in [4.78, 5) is 32.8. The van der Waals surface area contributed by atoms with Crippen LogP contribution in [0.1, 0.15) is 30.9 Å². The number of aromatic nitrogens is 4. The molecule has 4 aromatic rings. The lowest BCUT2D eigenvalue weighted by Crippen LogP contribution is -2.36. The predicted molar refractivity (Wildman–Crippen MR) is 129 cm³/mol. The van der Waals surface area contributed by atoms with Crippen LogP contribution in [0.5, 0.6) is 11.5 Å². The highest BCUT2D eigenvalue weighted by molar-refractivity contribution is 5.78. The number of nitrogens with zero attached hydrogens (tertiary/aromatic N) is 5. The van der Waals surface area contributed by atoms with Crippen molar-refractivity contribution in [1.82, 2.24) is 24.2 Å². The molecular weight excluding hydrogens is 446 g/mol. The smallest absolute Gasteiger partial charge is 0.264 e. The molecule has 1 amide bonds. The summed E-state index contributed by atoms with van der Waals surface area (Å²) in [5, 5.41) is 4.72. The molecule has 6 rings (SSSR count). The lowest BCUT2D eigenvalue weighted by Gasteiger charge is -2.26. The Labute approximate surface area is 201 Å². The Morgan fingerprint density at radius 2 is 1.86 bits per heavy atom. The predicted octanol–water partition coefficient (Wildman–Crippen LogP) is 3.11. The van der Waals surface area contributed by atoms with Crippen LogP contribution in [0.15, 0.2) is 65.8 Å². The summed E-state index contributed by atoms with van der Waals surface area (Å²) in [7, 11) is 0. The third kappa shape index (κ3) is 3.92. The standard InChI is InChI=1S/C26H25N5O4/c32-24(30-11-4-8-21(30)18-9-10-22-23(14-18)35-13-5-12-34-22)16-29-17-27-25-20(26(29)33)15-28-31(25)19-6-2-1-3-7-19/h1-3,6-7,9-10,14-15,17,21H,4-5,8,11-13,16H2. The van der Waals surface area contributed by atoms with Crippen LogP contribution in [-0.4, -0.2) is 49.9 Å². The Bertz CT molecular complexity index is 1450. The van der Waals surface area contributed by atoms with E-state index in [1.54, 1.807) is 4.68 Å². The van der Waals surface area contributed by atoms with Crippen LogP contribution in [0.3, 0.4) is 0 Å². The molecule has 2 aromatic heterocycles. The SMILES string of the molecule is O=C(Cn1cnc2c(cnn2-c2ccccc2)c1=O)N1CCCC1c1ccc2c(c1)OCCCO2. The number of para-hydroxylation sites is 1. The fourth-order valence-corrected chi connectivity index (χ4v) is 4.85. The lowest BCUT2D eigenvalue weighted by atomic mass is 10.0. The number of benzene rings is 2. The molecule has 2 aromatic carbocycles. The summed E-state index contributed by atoms with van der Waals surface area (Å²) in [6, 6.07) is 15.4. The van der Waals surface area contributed by atoms with Crippen LogP contribution in [0.4, 0.5) is 0 Å². The van der Waals surface area contributed by atoms with Crippen LogP contribution in [0.2, 0.25) is 0 Å². The second-order valence-electron chi connectivity index (χ2n) is 8.81. The van der Waals surface area contributed by atoms with Crippen molar-refractivity contribution in [3.05, 3.63) is 77.0 Å². The van der Waals surface area contributed by atoms with E-state index in [-0.39, 0.29) is 24.1 Å². The van der Waals surface area contributed by atoms with Crippen molar-refractivity contribution in [1.29, 1.82) is 0 Å². The van der Waals surface area contributed by atoms with Gasteiger partial charge >= 0.3 is 0 Å². The molecule has 0 radical (unpaired) electrons. The molecule has 9 heteroatoms. The molecule has 9 nitrogen and oxygen atoms in total. The van der Waals surface area contributed by atoms with Crippen molar-refractivity contribution in [3.63, 3.8) is 0 Å². The number of ether oxygens (including phenoxy) is 2. The quantitative estimate of drug-likeness (QED) is 0.454. The minimum atomic E-state index is -0.281. The van der Waals surface area contributed by atoms with Crippen molar-refractivity contribution in [3.8, 4) is 17.2 Å². The van der Waals surface area contributed by atoms with Crippen LogP contribution in [0.25, 0.3) is 16.7 Å². The van der Waals surface area contributed by atoms with E-state index in [0.29, 0.717) is 30.8 Å². The Morgan fingerprint density at radius 1 is 1.03 bits per heavy atom. The van der Waals surface area contributed by atoms with Gasteiger partial charge in [0.2, 0.25) is 5.91 Å². The van der Waals surface area contributed by atoms with E-state index in [0.717, 1.165) is 42.0 Å². The number of amides is 1. The van der Waals surface area contributed by atoms with Gasteiger partial charge in [0.1, 0.15) is 18.3 Å². The molecular formula is C26H25N5O4. The molecule has 0 spiro atoms. The fraction of sp³-hybridized carbons (Fsp3) is 0.308. The molecule has 1 atom stereocenters. The Kier molecular flexibility index (Phi) is 5.44. The number of carbonyl (C=O) groups excluding carboxylic acids is 1. The van der Waals surface area contributed by atoms with Gasteiger partial charge in [0, 0.05) is 13.0 Å². The monoisotopic (exact) mass is 471 g/mol. The first-order chi connectivity index (χ1) is 17.2. The van der Waals surface area contributed by atoms with Gasteiger partial charge in [0.15, 0.2) is 17.1 Å². The third-order valence-corrected chi connectivity index (χ3v) is 6.59. The molecule has 0 N–H and O–H groups in total. The Morgan fingerprint density at radius 3 is 2.71 bits per heavy atom. The van der Waals surface area contributed by atoms with Crippen LogP contribution >= 0.6 is 0 Å². The zero-order valence-corrected chi connectivity index (χ0v) is 19.2. The van der Waals surface area contributed by atoms with Crippen LogP contribution < -0.4 is 15.0 Å². The van der Waals surface area contributed by atoms with Gasteiger partial charge in [-0.3, -0.25) is 14.2 Å². The molecule has 1 saturated heterocycles. The van der Waals surface area contributed by atoms with E-state index < -0.39 is 0 Å². The van der Waals surface area contributed by atoms with Gasteiger partial charge in [0.25, 0.3) is 5.56 Å². The first-order valence-electron chi connectivity index (χ1n) is 11.9. The van der Waals surface area contributed by atoms with Crippen molar-refractivity contribution in [2.45, 2.75) is 31.8 Å². The summed E-state index contributed by atoms with van der Waals surface area (Å²) in [5.74, 6) is 1.35. The van der Waals surface area contributed by atoms with Crippen molar-refractivity contribution < 1.29 is 14.3 Å². The third-order valence-electron chi connectivity index (χ3n) is 6.59. The summed E-state index contributed by atoms with van der Waals surface area (Å²) >= 11 is 0. The molecule has 1 unspecified atom stereocenters. The van der Waals surface area contributed by atoms with Crippen LogP contribution in [-0.2, 0) is 11.3 Å². The Balaban J connectivity index is 1.25. The molecule has 2 aliphatic heterocycles. The lowest BCUT2D eigenvalue weighted by molar-refractivity contribution is -0.132. The first-order valence-corrected chi connectivity index (χ1v) is 11.9. The summed E-state index contributed by atoms with van der Waals surface area (Å²) in [6.07, 6.45) is 5.55. The molecule has 178 valence electrons. The normalized spacial score (nSPS) is 17.5. The molecule has 0 aliphatic carbocycles. The van der Waals surface area contributed by atoms with Crippen molar-refractivity contribution in [2.75, 3.05) is 19.8 Å². The number of hydrogen-bond donors (Lipinski definition) is 0. The molecule has 2 aliphatic rings. The molecule has 4 heterocycles. The van der Waals surface area contributed by atoms with Gasteiger partial charge in [0.05, 0.1) is 31.1 Å². The molecule has 0 saturated carbocycles. The van der Waals surface area contributed by atoms with E-state index in [1.807, 2.05) is 53.4 Å². The van der Waals surface area contributed by atoms with Gasteiger partial charge in [-0.2, -0.15) is 5.10 Å². The van der Waals surface area contributed by atoms with Gasteiger partial charge < -0.3 is 14.4 Å². The van der Waals surface area contributed by atoms with Gasteiger partial charge in [-0.05, 0) is 42.7 Å². The van der Waals surface area contributed by atoms with E-state index in [1.165, 1.54) is 17.1 Å². The number of carbonyl (C=O) groups is 1. The number of fused-ring (bicyclic) bond motifs is 2. The molecule has 35 heavy (non-hydrogen) atoms. The minimum Gasteiger partial charge on any atom is -0.490 e. The summed E-state index contributed by atoms with van der Waals surface area (Å²) < 4.78 is 14.6. The second-order valence-corrected chi connectivity index (χ2v) is 8.81. The summed E-state index contributed by atoms with van der Waals surface area (Å²) in [6.45, 7) is 1.83. The average molecular weight is 472 g/mol. The van der Waals surface area contributed by atoms with Gasteiger partial charge in [-0.25, -0.2) is 9.67 Å². The van der Waals surface area contributed by atoms with E-state index in [9.17, 15) is 9.59 Å². The Hall–Kier alpha value is -4.14. The fourth-order valence-electron chi connectivity index (χ4n) is 4.85. The first kappa shape index (κ1) is 21.4. The topological polar surface area (TPSA) is 91.5 Å². The number of likely N-dealkylation sites (tertiary alicyclic amines) is 1. The zero-order valence-electron chi connectivity index (χ0n) is 19.2. The maximum Gasteiger partial charge on any atom is 0.264 e. The number of rotatable bonds is 4. The summed E-state index contributed by atoms with van der Waals surface area (Å²) in [5.41, 5.74) is 2.02. The molecule has 1 fully saturated rings. The van der Waals surface area contributed by atoms with Gasteiger partial charge in [-0.1, -0.05) is 24.3 Å². The van der Waals surface area contributed by atoms with Crippen molar-refractivity contribution in [2.24, 2.45) is 0 Å². The largest absolute Gasteiger partial charge is 0.490 e. The highest BCUT2D eigenvalue weighted by Gasteiger charge is 2.31. The zero-order chi connectivity index (χ0) is 23.8. The molecule has 0 bridgehead atoms. The maximum absolute atomic E-state index is 13.3. The maximum atomic E-state index is 13.3. The second kappa shape index (κ2) is 8.90. The van der Waals surface area contributed by atoms with Crippen molar-refractivity contribution >= 4 is 16.9 Å². The van der Waals surface area contributed by atoms with E-state index in [4.69, 9.17) is 9.47 Å². The van der Waals surface area contributed by atoms with Gasteiger partial charge in [-0.15, -0.1) is 0 Å². The van der Waals surface area contributed by atoms with E-state index >= 15 is 0 Å². The highest BCUT2D eigenvalue weighted by Crippen LogP contribution is 2.38. The average Bonchev–Trinajstić information content (AvgIpc) is 3.49. The highest BCUT2D eigenvalue weighted by atomic mass is 16.5. The van der Waals surface area contributed by atoms with E-state index in [2.05, 4.69) is 10.1 Å². The minimum absolute atomic E-state index is 0.0622.